The van der Waals surface area contributed by atoms with E-state index in [1.165, 1.54) is 24.1 Å². The SMILES string of the molecule is CN=C(NCC1(c2ccc3c(c2)OCO3)CC1)N(C)Cc1cccn1C.I. The molecule has 1 saturated carbocycles. The number of rotatable bonds is 5. The van der Waals surface area contributed by atoms with Gasteiger partial charge in [-0.25, -0.2) is 0 Å². The molecule has 1 aromatic heterocycles. The first-order valence-electron chi connectivity index (χ1n) is 9.03. The largest absolute Gasteiger partial charge is 0.454 e. The van der Waals surface area contributed by atoms with E-state index in [1.54, 1.807) is 0 Å². The van der Waals surface area contributed by atoms with Crippen molar-refractivity contribution in [1.29, 1.82) is 0 Å². The van der Waals surface area contributed by atoms with Crippen molar-refractivity contribution in [3.05, 3.63) is 47.8 Å². The van der Waals surface area contributed by atoms with E-state index in [9.17, 15) is 0 Å². The van der Waals surface area contributed by atoms with Crippen LogP contribution in [-0.2, 0) is 19.0 Å². The highest BCUT2D eigenvalue weighted by Crippen LogP contribution is 2.49. The zero-order valence-electron chi connectivity index (χ0n) is 16.1. The smallest absolute Gasteiger partial charge is 0.231 e. The Morgan fingerprint density at radius 2 is 2.04 bits per heavy atom. The average molecular weight is 482 g/mol. The fourth-order valence-corrected chi connectivity index (χ4v) is 3.56. The molecular formula is C20H27IN4O2. The van der Waals surface area contributed by atoms with E-state index in [0.29, 0.717) is 6.79 Å². The van der Waals surface area contributed by atoms with Gasteiger partial charge < -0.3 is 24.3 Å². The van der Waals surface area contributed by atoms with Crippen molar-refractivity contribution >= 4 is 29.9 Å². The molecule has 0 unspecified atom stereocenters. The van der Waals surface area contributed by atoms with E-state index in [0.717, 1.165) is 30.5 Å². The van der Waals surface area contributed by atoms with Crippen LogP contribution in [0.2, 0.25) is 0 Å². The number of benzene rings is 1. The first-order chi connectivity index (χ1) is 12.6. The first-order valence-corrected chi connectivity index (χ1v) is 9.03. The highest BCUT2D eigenvalue weighted by molar-refractivity contribution is 14.0. The summed E-state index contributed by atoms with van der Waals surface area (Å²) >= 11 is 0. The van der Waals surface area contributed by atoms with Crippen LogP contribution in [0.1, 0.15) is 24.1 Å². The quantitative estimate of drug-likeness (QED) is 0.405. The summed E-state index contributed by atoms with van der Waals surface area (Å²) in [7, 11) is 5.98. The van der Waals surface area contributed by atoms with Crippen molar-refractivity contribution in [2.75, 3.05) is 27.4 Å². The Hall–Kier alpha value is -1.90. The molecule has 1 N–H and O–H groups in total. The fourth-order valence-electron chi connectivity index (χ4n) is 3.56. The van der Waals surface area contributed by atoms with Crippen LogP contribution >= 0.6 is 24.0 Å². The minimum absolute atomic E-state index is 0. The maximum absolute atomic E-state index is 5.54. The van der Waals surface area contributed by atoms with Gasteiger partial charge in [0.05, 0.1) is 6.54 Å². The normalized spacial score (nSPS) is 16.6. The molecule has 4 rings (SSSR count). The molecule has 2 heterocycles. The second-order valence-electron chi connectivity index (χ2n) is 7.22. The predicted molar refractivity (Wildman–Crippen MR) is 117 cm³/mol. The molecule has 0 radical (unpaired) electrons. The monoisotopic (exact) mass is 482 g/mol. The first kappa shape index (κ1) is 19.9. The van der Waals surface area contributed by atoms with Crippen LogP contribution in [0.3, 0.4) is 0 Å². The van der Waals surface area contributed by atoms with Gasteiger partial charge in [-0.3, -0.25) is 4.99 Å². The van der Waals surface area contributed by atoms with Gasteiger partial charge in [0.25, 0.3) is 0 Å². The maximum Gasteiger partial charge on any atom is 0.231 e. The molecule has 0 amide bonds. The van der Waals surface area contributed by atoms with Crippen LogP contribution in [0.15, 0.2) is 41.5 Å². The molecule has 1 aromatic carbocycles. The highest BCUT2D eigenvalue weighted by Gasteiger charge is 2.45. The summed E-state index contributed by atoms with van der Waals surface area (Å²) in [6, 6.07) is 10.5. The molecule has 2 aromatic rings. The topological polar surface area (TPSA) is 51.0 Å². The van der Waals surface area contributed by atoms with Gasteiger partial charge in [-0.05, 0) is 42.7 Å². The lowest BCUT2D eigenvalue weighted by Gasteiger charge is -2.25. The number of fused-ring (bicyclic) bond motifs is 1. The second kappa shape index (κ2) is 8.00. The number of aryl methyl sites for hydroxylation is 1. The molecular weight excluding hydrogens is 455 g/mol. The van der Waals surface area contributed by atoms with Crippen LogP contribution in [0.25, 0.3) is 0 Å². The number of nitrogens with zero attached hydrogens (tertiary/aromatic N) is 3. The van der Waals surface area contributed by atoms with Gasteiger partial charge in [-0.15, -0.1) is 24.0 Å². The van der Waals surface area contributed by atoms with Gasteiger partial charge in [-0.1, -0.05) is 6.07 Å². The van der Waals surface area contributed by atoms with E-state index in [2.05, 4.69) is 64.3 Å². The molecule has 0 spiro atoms. The van der Waals surface area contributed by atoms with Crippen molar-refractivity contribution in [3.8, 4) is 11.5 Å². The van der Waals surface area contributed by atoms with Gasteiger partial charge >= 0.3 is 0 Å². The number of nitrogens with one attached hydrogen (secondary N) is 1. The molecule has 0 atom stereocenters. The number of aliphatic imine (C=N–C) groups is 1. The summed E-state index contributed by atoms with van der Waals surface area (Å²) in [5.41, 5.74) is 2.74. The minimum Gasteiger partial charge on any atom is -0.454 e. The van der Waals surface area contributed by atoms with Crippen LogP contribution in [0.5, 0.6) is 11.5 Å². The summed E-state index contributed by atoms with van der Waals surface area (Å²) in [5.74, 6) is 2.62. The lowest BCUT2D eigenvalue weighted by molar-refractivity contribution is 0.174. The van der Waals surface area contributed by atoms with Crippen LogP contribution in [0, 0.1) is 0 Å². The van der Waals surface area contributed by atoms with Crippen LogP contribution in [-0.4, -0.2) is 42.9 Å². The Kier molecular flexibility index (Phi) is 5.88. The molecule has 1 aliphatic carbocycles. The minimum atomic E-state index is 0. The average Bonchev–Trinajstić information content (AvgIpc) is 3.09. The number of ether oxygens (including phenoxy) is 2. The summed E-state index contributed by atoms with van der Waals surface area (Å²) in [6.45, 7) is 2.01. The van der Waals surface area contributed by atoms with Crippen molar-refractivity contribution < 1.29 is 9.47 Å². The zero-order valence-corrected chi connectivity index (χ0v) is 18.4. The molecule has 1 fully saturated rings. The molecule has 7 heteroatoms. The molecule has 27 heavy (non-hydrogen) atoms. The maximum atomic E-state index is 5.54. The van der Waals surface area contributed by atoms with Gasteiger partial charge in [0.15, 0.2) is 17.5 Å². The van der Waals surface area contributed by atoms with Crippen molar-refractivity contribution in [2.24, 2.45) is 12.0 Å². The molecule has 1 aliphatic heterocycles. The fraction of sp³-hybridized carbons (Fsp3) is 0.450. The van der Waals surface area contributed by atoms with E-state index < -0.39 is 0 Å². The number of aromatic nitrogens is 1. The second-order valence-corrected chi connectivity index (χ2v) is 7.22. The molecule has 146 valence electrons. The summed E-state index contributed by atoms with van der Waals surface area (Å²) in [6.07, 6.45) is 4.43. The number of halogens is 1. The van der Waals surface area contributed by atoms with Crippen LogP contribution < -0.4 is 14.8 Å². The number of hydrogen-bond acceptors (Lipinski definition) is 3. The Labute approximate surface area is 177 Å². The third-order valence-electron chi connectivity index (χ3n) is 5.45. The summed E-state index contributed by atoms with van der Waals surface area (Å²) < 4.78 is 13.1. The molecule has 6 nitrogen and oxygen atoms in total. The Morgan fingerprint density at radius 1 is 1.26 bits per heavy atom. The highest BCUT2D eigenvalue weighted by atomic mass is 127. The van der Waals surface area contributed by atoms with Gasteiger partial charge in [0, 0.05) is 45.0 Å². The standard InChI is InChI=1S/C20H26N4O2.HI/c1-21-19(24(3)12-16-5-4-10-23(16)2)22-13-20(8-9-20)15-6-7-17-18(11-15)26-14-25-17;/h4-7,10-11H,8-9,12-14H2,1-3H3,(H,21,22);1H. The zero-order chi connectivity index (χ0) is 18.1. The van der Waals surface area contributed by atoms with Crippen LogP contribution in [0.4, 0.5) is 0 Å². The lowest BCUT2D eigenvalue weighted by atomic mass is 9.95. The summed E-state index contributed by atoms with van der Waals surface area (Å²) in [4.78, 5) is 6.62. The predicted octanol–water partition coefficient (Wildman–Crippen LogP) is 3.11. The van der Waals surface area contributed by atoms with Gasteiger partial charge in [0.1, 0.15) is 0 Å². The van der Waals surface area contributed by atoms with E-state index in [-0.39, 0.29) is 29.4 Å². The van der Waals surface area contributed by atoms with E-state index in [1.807, 2.05) is 13.1 Å². The summed E-state index contributed by atoms with van der Waals surface area (Å²) in [5, 5.41) is 3.56. The Balaban J connectivity index is 0.00000210. The van der Waals surface area contributed by atoms with Gasteiger partial charge in [0.2, 0.25) is 6.79 Å². The van der Waals surface area contributed by atoms with E-state index in [4.69, 9.17) is 9.47 Å². The third-order valence-corrected chi connectivity index (χ3v) is 5.45. The molecule has 0 bridgehead atoms. The van der Waals surface area contributed by atoms with Crippen molar-refractivity contribution in [2.45, 2.75) is 24.8 Å². The van der Waals surface area contributed by atoms with Gasteiger partial charge in [-0.2, -0.15) is 0 Å². The third kappa shape index (κ3) is 4.02. The van der Waals surface area contributed by atoms with Crippen molar-refractivity contribution in [1.82, 2.24) is 14.8 Å². The molecule has 2 aliphatic rings. The number of hydrogen-bond donors (Lipinski definition) is 1. The molecule has 0 saturated heterocycles. The Morgan fingerprint density at radius 3 is 2.70 bits per heavy atom. The lowest BCUT2D eigenvalue weighted by Crippen LogP contribution is -2.42. The van der Waals surface area contributed by atoms with E-state index >= 15 is 0 Å². The van der Waals surface area contributed by atoms with Crippen molar-refractivity contribution in [3.63, 3.8) is 0 Å². The Bertz CT molecular complexity index is 829. The number of guanidine groups is 1.